The van der Waals surface area contributed by atoms with Gasteiger partial charge in [-0.1, -0.05) is 6.07 Å². The lowest BCUT2D eigenvalue weighted by Crippen LogP contribution is -2.45. The van der Waals surface area contributed by atoms with E-state index in [1.807, 2.05) is 30.3 Å². The van der Waals surface area contributed by atoms with Crippen molar-refractivity contribution in [1.29, 1.82) is 0 Å². The largest absolute Gasteiger partial charge is 0.497 e. The normalized spacial score (nSPS) is 17.5. The number of benzene rings is 2. The molecule has 9 heteroatoms. The van der Waals surface area contributed by atoms with Gasteiger partial charge in [-0.25, -0.2) is 4.79 Å². The number of amides is 3. The van der Waals surface area contributed by atoms with Crippen LogP contribution in [0.1, 0.15) is 17.2 Å². The SMILES string of the molecule is COc1cc(OC)cc(C2NC(=O)N(C)C3=C2C(=O)N(CCc2ccc(OC)c(OC)c2)C3)c1. The number of likely N-dealkylation sites (N-methyl/N-ethyl adjacent to an activating group) is 1. The number of hydrogen-bond donors (Lipinski definition) is 1. The van der Waals surface area contributed by atoms with Gasteiger partial charge in [-0.3, -0.25) is 9.69 Å². The first-order valence-electron chi connectivity index (χ1n) is 10.9. The maximum Gasteiger partial charge on any atom is 0.322 e. The van der Waals surface area contributed by atoms with Crippen molar-refractivity contribution < 1.29 is 28.5 Å². The standard InChI is InChI=1S/C25H29N3O6/c1-27-19-14-28(9-8-15-6-7-20(33-4)21(10-15)34-5)24(29)22(19)23(26-25(27)30)16-11-17(31-2)13-18(12-16)32-3/h6-7,10-13,23H,8-9,14H2,1-5H3,(H,26,30). The fraction of sp³-hybridized carbons (Fsp3) is 0.360. The number of nitrogens with zero attached hydrogens (tertiary/aromatic N) is 2. The molecule has 0 saturated heterocycles. The highest BCUT2D eigenvalue weighted by molar-refractivity contribution is 6.01. The van der Waals surface area contributed by atoms with Crippen molar-refractivity contribution in [3.8, 4) is 23.0 Å². The number of methoxy groups -OCH3 is 4. The highest BCUT2D eigenvalue weighted by atomic mass is 16.5. The highest BCUT2D eigenvalue weighted by Gasteiger charge is 2.42. The fourth-order valence-electron chi connectivity index (χ4n) is 4.35. The molecule has 0 aromatic heterocycles. The molecule has 9 nitrogen and oxygen atoms in total. The van der Waals surface area contributed by atoms with Crippen molar-refractivity contribution >= 4 is 11.9 Å². The highest BCUT2D eigenvalue weighted by Crippen LogP contribution is 2.38. The molecule has 2 heterocycles. The zero-order valence-electron chi connectivity index (χ0n) is 20.0. The van der Waals surface area contributed by atoms with Crippen LogP contribution in [-0.2, 0) is 11.2 Å². The molecule has 0 saturated carbocycles. The third kappa shape index (κ3) is 4.21. The Morgan fingerprint density at radius 3 is 2.21 bits per heavy atom. The molecule has 0 radical (unpaired) electrons. The summed E-state index contributed by atoms with van der Waals surface area (Å²) >= 11 is 0. The van der Waals surface area contributed by atoms with Crippen molar-refractivity contribution in [1.82, 2.24) is 15.1 Å². The summed E-state index contributed by atoms with van der Waals surface area (Å²) in [6.07, 6.45) is 0.634. The Morgan fingerprint density at radius 1 is 0.912 bits per heavy atom. The van der Waals surface area contributed by atoms with Crippen molar-refractivity contribution in [2.45, 2.75) is 12.5 Å². The molecule has 1 N–H and O–H groups in total. The minimum atomic E-state index is -0.596. The first-order chi connectivity index (χ1) is 16.4. The second kappa shape index (κ2) is 9.54. The van der Waals surface area contributed by atoms with Gasteiger partial charge in [-0.05, 0) is 41.8 Å². The van der Waals surface area contributed by atoms with Gasteiger partial charge in [0, 0.05) is 19.7 Å². The van der Waals surface area contributed by atoms with Gasteiger partial charge in [0.1, 0.15) is 11.5 Å². The molecule has 4 rings (SSSR count). The summed E-state index contributed by atoms with van der Waals surface area (Å²) in [6.45, 7) is 0.862. The minimum Gasteiger partial charge on any atom is -0.497 e. The Kier molecular flexibility index (Phi) is 6.54. The number of rotatable bonds is 8. The smallest absolute Gasteiger partial charge is 0.322 e. The van der Waals surface area contributed by atoms with E-state index in [0.717, 1.165) is 11.1 Å². The third-order valence-corrected chi connectivity index (χ3v) is 6.26. The van der Waals surface area contributed by atoms with Gasteiger partial charge in [-0.15, -0.1) is 0 Å². The van der Waals surface area contributed by atoms with Gasteiger partial charge in [0.05, 0.1) is 52.3 Å². The topological polar surface area (TPSA) is 89.6 Å². The van der Waals surface area contributed by atoms with Gasteiger partial charge < -0.3 is 29.2 Å². The first-order valence-corrected chi connectivity index (χ1v) is 10.9. The van der Waals surface area contributed by atoms with Gasteiger partial charge in [-0.2, -0.15) is 0 Å². The van der Waals surface area contributed by atoms with Gasteiger partial charge in [0.15, 0.2) is 11.5 Å². The van der Waals surface area contributed by atoms with Crippen LogP contribution in [0.3, 0.4) is 0 Å². The number of carbonyl (C=O) groups is 2. The monoisotopic (exact) mass is 467 g/mol. The second-order valence-electron chi connectivity index (χ2n) is 8.11. The Bertz CT molecular complexity index is 1120. The molecule has 2 aromatic carbocycles. The summed E-state index contributed by atoms with van der Waals surface area (Å²) in [4.78, 5) is 29.5. The summed E-state index contributed by atoms with van der Waals surface area (Å²) in [7, 11) is 7.99. The van der Waals surface area contributed by atoms with E-state index in [1.165, 1.54) is 4.90 Å². The number of carbonyl (C=O) groups excluding carboxylic acids is 2. The molecule has 2 aromatic rings. The zero-order chi connectivity index (χ0) is 24.4. The zero-order valence-corrected chi connectivity index (χ0v) is 20.0. The molecule has 180 valence electrons. The van der Waals surface area contributed by atoms with E-state index in [0.29, 0.717) is 53.8 Å². The summed E-state index contributed by atoms with van der Waals surface area (Å²) in [6, 6.07) is 10.2. The van der Waals surface area contributed by atoms with Crippen LogP contribution in [0.15, 0.2) is 47.7 Å². The minimum absolute atomic E-state index is 0.103. The van der Waals surface area contributed by atoms with Crippen LogP contribution in [-0.4, -0.2) is 70.3 Å². The van der Waals surface area contributed by atoms with E-state index in [2.05, 4.69) is 5.32 Å². The molecule has 0 bridgehead atoms. The van der Waals surface area contributed by atoms with Crippen LogP contribution >= 0.6 is 0 Å². The van der Waals surface area contributed by atoms with E-state index in [9.17, 15) is 9.59 Å². The Hall–Kier alpha value is -3.88. The number of nitrogens with one attached hydrogen (secondary N) is 1. The van der Waals surface area contributed by atoms with Crippen LogP contribution in [0.25, 0.3) is 0 Å². The number of ether oxygens (including phenoxy) is 4. The van der Waals surface area contributed by atoms with E-state index in [4.69, 9.17) is 18.9 Å². The molecule has 2 aliphatic heterocycles. The first kappa shape index (κ1) is 23.3. The van der Waals surface area contributed by atoms with Crippen LogP contribution < -0.4 is 24.3 Å². The van der Waals surface area contributed by atoms with Crippen molar-refractivity contribution in [3.63, 3.8) is 0 Å². The Morgan fingerprint density at radius 2 is 1.59 bits per heavy atom. The summed E-state index contributed by atoms with van der Waals surface area (Å²) in [5.41, 5.74) is 3.00. The van der Waals surface area contributed by atoms with E-state index >= 15 is 0 Å². The maximum absolute atomic E-state index is 13.5. The molecular formula is C25H29N3O6. The summed E-state index contributed by atoms with van der Waals surface area (Å²) in [5.74, 6) is 2.37. The lowest BCUT2D eigenvalue weighted by Gasteiger charge is -2.31. The molecule has 3 amide bonds. The average molecular weight is 468 g/mol. The molecule has 0 aliphatic carbocycles. The summed E-state index contributed by atoms with van der Waals surface area (Å²) < 4.78 is 21.5. The molecule has 2 aliphatic rings. The van der Waals surface area contributed by atoms with Crippen LogP contribution in [0.5, 0.6) is 23.0 Å². The predicted molar refractivity (Wildman–Crippen MR) is 125 cm³/mol. The average Bonchev–Trinajstić information content (AvgIpc) is 3.20. The van der Waals surface area contributed by atoms with Crippen molar-refractivity contribution in [3.05, 3.63) is 58.8 Å². The predicted octanol–water partition coefficient (Wildman–Crippen LogP) is 2.76. The molecule has 0 fully saturated rings. The Labute approximate surface area is 198 Å². The second-order valence-corrected chi connectivity index (χ2v) is 8.11. The third-order valence-electron chi connectivity index (χ3n) is 6.26. The quantitative estimate of drug-likeness (QED) is 0.642. The van der Waals surface area contributed by atoms with Crippen LogP contribution in [0.2, 0.25) is 0 Å². The number of hydrogen-bond acceptors (Lipinski definition) is 6. The molecule has 34 heavy (non-hydrogen) atoms. The van der Waals surface area contributed by atoms with E-state index < -0.39 is 6.04 Å². The molecule has 1 unspecified atom stereocenters. The maximum atomic E-state index is 13.5. The van der Waals surface area contributed by atoms with Crippen LogP contribution in [0, 0.1) is 0 Å². The summed E-state index contributed by atoms with van der Waals surface area (Å²) in [5, 5.41) is 2.95. The lowest BCUT2D eigenvalue weighted by atomic mass is 9.95. The Balaban J connectivity index is 1.59. The fourth-order valence-corrected chi connectivity index (χ4v) is 4.35. The molecular weight excluding hydrogens is 438 g/mol. The van der Waals surface area contributed by atoms with Gasteiger partial charge in [0.2, 0.25) is 0 Å². The van der Waals surface area contributed by atoms with E-state index in [1.54, 1.807) is 46.5 Å². The molecule has 0 spiro atoms. The van der Waals surface area contributed by atoms with Crippen LogP contribution in [0.4, 0.5) is 4.79 Å². The van der Waals surface area contributed by atoms with Crippen molar-refractivity contribution in [2.75, 3.05) is 48.6 Å². The van der Waals surface area contributed by atoms with Gasteiger partial charge >= 0.3 is 6.03 Å². The number of urea groups is 1. The van der Waals surface area contributed by atoms with E-state index in [-0.39, 0.29) is 11.9 Å². The van der Waals surface area contributed by atoms with Gasteiger partial charge in [0.25, 0.3) is 5.91 Å². The molecule has 1 atom stereocenters. The lowest BCUT2D eigenvalue weighted by molar-refractivity contribution is -0.125. The van der Waals surface area contributed by atoms with Crippen molar-refractivity contribution in [2.24, 2.45) is 0 Å².